The number of benzene rings is 1. The smallest absolute Gasteiger partial charge is 0.0653 e. The molecule has 70 valence electrons. The SMILES string of the molecule is CC1(C)CNCNc2ccccc21. The van der Waals surface area contributed by atoms with Crippen molar-refractivity contribution in [3.05, 3.63) is 29.8 Å². The van der Waals surface area contributed by atoms with Crippen LogP contribution in [0.25, 0.3) is 0 Å². The van der Waals surface area contributed by atoms with E-state index in [-0.39, 0.29) is 5.41 Å². The molecule has 0 aliphatic carbocycles. The highest BCUT2D eigenvalue weighted by Gasteiger charge is 2.24. The van der Waals surface area contributed by atoms with Crippen molar-refractivity contribution in [3.8, 4) is 0 Å². The molecule has 1 aromatic rings. The van der Waals surface area contributed by atoms with Crippen LogP contribution in [0.3, 0.4) is 0 Å². The highest BCUT2D eigenvalue weighted by molar-refractivity contribution is 5.55. The van der Waals surface area contributed by atoms with Crippen LogP contribution in [0.1, 0.15) is 19.4 Å². The van der Waals surface area contributed by atoms with Crippen LogP contribution in [0.4, 0.5) is 5.69 Å². The molecule has 0 amide bonds. The number of hydrogen-bond acceptors (Lipinski definition) is 2. The molecule has 0 fully saturated rings. The highest BCUT2D eigenvalue weighted by Crippen LogP contribution is 2.30. The van der Waals surface area contributed by atoms with Gasteiger partial charge in [0.2, 0.25) is 0 Å². The average molecular weight is 176 g/mol. The van der Waals surface area contributed by atoms with Gasteiger partial charge >= 0.3 is 0 Å². The summed E-state index contributed by atoms with van der Waals surface area (Å²) in [5, 5.41) is 6.74. The van der Waals surface area contributed by atoms with Crippen LogP contribution < -0.4 is 10.6 Å². The number of para-hydroxylation sites is 1. The van der Waals surface area contributed by atoms with Gasteiger partial charge in [0, 0.05) is 17.6 Å². The fourth-order valence-corrected chi connectivity index (χ4v) is 1.86. The first-order chi connectivity index (χ1) is 6.20. The highest BCUT2D eigenvalue weighted by atomic mass is 15.1. The second-order valence-electron chi connectivity index (χ2n) is 4.21. The van der Waals surface area contributed by atoms with E-state index in [9.17, 15) is 0 Å². The third-order valence-corrected chi connectivity index (χ3v) is 2.63. The van der Waals surface area contributed by atoms with Gasteiger partial charge < -0.3 is 5.32 Å². The summed E-state index contributed by atoms with van der Waals surface area (Å²) in [5.41, 5.74) is 2.89. The maximum atomic E-state index is 3.37. The Labute approximate surface area is 79.4 Å². The molecule has 1 aliphatic heterocycles. The summed E-state index contributed by atoms with van der Waals surface area (Å²) >= 11 is 0. The zero-order valence-electron chi connectivity index (χ0n) is 8.22. The Morgan fingerprint density at radius 2 is 2.00 bits per heavy atom. The second kappa shape index (κ2) is 3.04. The Hall–Kier alpha value is -1.02. The van der Waals surface area contributed by atoms with Gasteiger partial charge in [-0.1, -0.05) is 32.0 Å². The molecule has 0 spiro atoms. The predicted molar refractivity (Wildman–Crippen MR) is 56.0 cm³/mol. The lowest BCUT2D eigenvalue weighted by Crippen LogP contribution is -2.31. The van der Waals surface area contributed by atoms with Crippen LogP contribution >= 0.6 is 0 Å². The van der Waals surface area contributed by atoms with Gasteiger partial charge in [0.1, 0.15) is 0 Å². The van der Waals surface area contributed by atoms with Crippen LogP contribution in [0, 0.1) is 0 Å². The monoisotopic (exact) mass is 176 g/mol. The predicted octanol–water partition coefficient (Wildman–Crippen LogP) is 1.94. The first kappa shape index (κ1) is 8.57. The van der Waals surface area contributed by atoms with E-state index in [0.29, 0.717) is 0 Å². The molecule has 13 heavy (non-hydrogen) atoms. The summed E-state index contributed by atoms with van der Waals surface area (Å²) in [7, 11) is 0. The molecule has 1 aromatic carbocycles. The van der Waals surface area contributed by atoms with Crippen LogP contribution in [-0.2, 0) is 5.41 Å². The Bertz CT molecular complexity index is 305. The van der Waals surface area contributed by atoms with Crippen LogP contribution in [0.5, 0.6) is 0 Å². The van der Waals surface area contributed by atoms with Gasteiger partial charge in [0.05, 0.1) is 6.67 Å². The van der Waals surface area contributed by atoms with Gasteiger partial charge in [0.15, 0.2) is 0 Å². The minimum Gasteiger partial charge on any atom is -0.372 e. The lowest BCUT2D eigenvalue weighted by atomic mass is 9.84. The van der Waals surface area contributed by atoms with Gasteiger partial charge in [-0.25, -0.2) is 0 Å². The fourth-order valence-electron chi connectivity index (χ4n) is 1.86. The maximum absolute atomic E-state index is 3.37. The molecule has 2 nitrogen and oxygen atoms in total. The summed E-state index contributed by atoms with van der Waals surface area (Å²) < 4.78 is 0. The topological polar surface area (TPSA) is 24.1 Å². The number of rotatable bonds is 0. The van der Waals surface area contributed by atoms with E-state index >= 15 is 0 Å². The van der Waals surface area contributed by atoms with E-state index < -0.39 is 0 Å². The Morgan fingerprint density at radius 1 is 1.23 bits per heavy atom. The van der Waals surface area contributed by atoms with E-state index in [0.717, 1.165) is 13.2 Å². The van der Waals surface area contributed by atoms with Gasteiger partial charge in [-0.3, -0.25) is 5.32 Å². The molecule has 0 radical (unpaired) electrons. The van der Waals surface area contributed by atoms with Crippen molar-refractivity contribution in [3.63, 3.8) is 0 Å². The Balaban J connectivity index is 2.48. The summed E-state index contributed by atoms with van der Waals surface area (Å²) in [6.45, 7) is 6.43. The molecular formula is C11H16N2. The zero-order chi connectivity index (χ0) is 9.31. The van der Waals surface area contributed by atoms with Crippen LogP contribution in [0.15, 0.2) is 24.3 Å². The van der Waals surface area contributed by atoms with Crippen molar-refractivity contribution in [2.45, 2.75) is 19.3 Å². The molecule has 2 rings (SSSR count). The van der Waals surface area contributed by atoms with Gasteiger partial charge in [-0.05, 0) is 11.6 Å². The van der Waals surface area contributed by atoms with Crippen molar-refractivity contribution in [1.29, 1.82) is 0 Å². The minimum atomic E-state index is 0.222. The second-order valence-corrected chi connectivity index (χ2v) is 4.21. The van der Waals surface area contributed by atoms with Gasteiger partial charge in [-0.2, -0.15) is 0 Å². The zero-order valence-corrected chi connectivity index (χ0v) is 8.22. The normalized spacial score (nSPS) is 19.8. The quantitative estimate of drug-likeness (QED) is 0.631. The lowest BCUT2D eigenvalue weighted by Gasteiger charge is -2.24. The average Bonchev–Trinajstić information content (AvgIpc) is 2.26. The van der Waals surface area contributed by atoms with E-state index in [1.54, 1.807) is 0 Å². The van der Waals surface area contributed by atoms with Gasteiger partial charge in [-0.15, -0.1) is 0 Å². The van der Waals surface area contributed by atoms with Crippen LogP contribution in [0.2, 0.25) is 0 Å². The standard InChI is InChI=1S/C11H16N2/c1-11(2)7-12-8-13-10-6-4-3-5-9(10)11/h3-6,12-13H,7-8H2,1-2H3. The molecule has 2 N–H and O–H groups in total. The van der Waals surface area contributed by atoms with Crippen molar-refractivity contribution in [2.75, 3.05) is 18.5 Å². The van der Waals surface area contributed by atoms with E-state index in [1.165, 1.54) is 11.3 Å². The summed E-state index contributed by atoms with van der Waals surface area (Å²) in [6, 6.07) is 8.53. The van der Waals surface area contributed by atoms with Crippen molar-refractivity contribution in [2.24, 2.45) is 0 Å². The number of hydrogen-bond donors (Lipinski definition) is 2. The molecule has 0 atom stereocenters. The van der Waals surface area contributed by atoms with Gasteiger partial charge in [0.25, 0.3) is 0 Å². The summed E-state index contributed by atoms with van der Waals surface area (Å²) in [5.74, 6) is 0. The Kier molecular flexibility index (Phi) is 2.00. The molecule has 0 aromatic heterocycles. The molecule has 0 bridgehead atoms. The van der Waals surface area contributed by atoms with Crippen LogP contribution in [-0.4, -0.2) is 13.2 Å². The maximum Gasteiger partial charge on any atom is 0.0653 e. The lowest BCUT2D eigenvalue weighted by molar-refractivity contribution is 0.492. The van der Waals surface area contributed by atoms with Crippen molar-refractivity contribution in [1.82, 2.24) is 5.32 Å². The molecule has 1 aliphatic rings. The number of fused-ring (bicyclic) bond motifs is 1. The first-order valence-electron chi connectivity index (χ1n) is 4.74. The molecule has 1 heterocycles. The molecule has 0 saturated heterocycles. The van der Waals surface area contributed by atoms with Crippen molar-refractivity contribution >= 4 is 5.69 Å². The summed E-state index contributed by atoms with van der Waals surface area (Å²) in [4.78, 5) is 0. The van der Waals surface area contributed by atoms with E-state index in [4.69, 9.17) is 0 Å². The number of anilines is 1. The first-order valence-corrected chi connectivity index (χ1v) is 4.74. The minimum absolute atomic E-state index is 0.222. The molecule has 0 unspecified atom stereocenters. The number of nitrogens with one attached hydrogen (secondary N) is 2. The summed E-state index contributed by atoms with van der Waals surface area (Å²) in [6.07, 6.45) is 0. The molecule has 2 heteroatoms. The largest absolute Gasteiger partial charge is 0.372 e. The van der Waals surface area contributed by atoms with Crippen molar-refractivity contribution < 1.29 is 0 Å². The van der Waals surface area contributed by atoms with E-state index in [1.807, 2.05) is 0 Å². The molecular weight excluding hydrogens is 160 g/mol. The fraction of sp³-hybridized carbons (Fsp3) is 0.455. The third-order valence-electron chi connectivity index (χ3n) is 2.63. The van der Waals surface area contributed by atoms with E-state index in [2.05, 4.69) is 48.7 Å². The Morgan fingerprint density at radius 3 is 2.85 bits per heavy atom. The molecule has 0 saturated carbocycles. The third kappa shape index (κ3) is 1.54.